The number of pyridine rings is 1. The fourth-order valence-corrected chi connectivity index (χ4v) is 1.99. The Hall–Kier alpha value is -1.42. The van der Waals surface area contributed by atoms with Gasteiger partial charge in [-0.1, -0.05) is 0 Å². The van der Waals surface area contributed by atoms with E-state index in [1.807, 2.05) is 6.07 Å². The molecule has 2 unspecified atom stereocenters. The molecule has 0 bridgehead atoms. The summed E-state index contributed by atoms with van der Waals surface area (Å²) in [5.74, 6) is 0. The average molecular weight is 296 g/mol. The van der Waals surface area contributed by atoms with Gasteiger partial charge in [-0.2, -0.15) is 5.26 Å². The molecule has 0 aliphatic rings. The number of nitrogens with zero attached hydrogens (tertiary/aromatic N) is 2. The standard InChI is InChI=1S/C11H10BrN3O2/c12-6-3-7-8(5-15-11(7)14-4-6)10(17)9(16)1-2-13/h3-5,9-10,16-17H,1H2,(H,14,15). The molecule has 0 saturated carbocycles. The largest absolute Gasteiger partial charge is 0.389 e. The first-order chi connectivity index (χ1) is 8.13. The molecule has 2 atom stereocenters. The molecule has 88 valence electrons. The van der Waals surface area contributed by atoms with Crippen molar-refractivity contribution in [1.29, 1.82) is 5.26 Å². The Labute approximate surface area is 106 Å². The van der Waals surface area contributed by atoms with Gasteiger partial charge >= 0.3 is 0 Å². The minimum Gasteiger partial charge on any atom is -0.389 e. The maximum atomic E-state index is 9.93. The summed E-state index contributed by atoms with van der Waals surface area (Å²) in [7, 11) is 0. The van der Waals surface area contributed by atoms with Crippen molar-refractivity contribution in [2.24, 2.45) is 0 Å². The number of nitrogens with one attached hydrogen (secondary N) is 1. The summed E-state index contributed by atoms with van der Waals surface area (Å²) < 4.78 is 0.785. The van der Waals surface area contributed by atoms with Crippen LogP contribution in [-0.4, -0.2) is 26.3 Å². The van der Waals surface area contributed by atoms with Gasteiger partial charge in [0, 0.05) is 27.8 Å². The molecule has 2 aromatic heterocycles. The Kier molecular flexibility index (Phi) is 3.43. The van der Waals surface area contributed by atoms with Gasteiger partial charge < -0.3 is 15.2 Å². The summed E-state index contributed by atoms with van der Waals surface area (Å²) in [5.41, 5.74) is 1.17. The van der Waals surface area contributed by atoms with E-state index < -0.39 is 12.2 Å². The molecule has 0 aliphatic carbocycles. The zero-order chi connectivity index (χ0) is 12.4. The van der Waals surface area contributed by atoms with E-state index in [2.05, 4.69) is 25.9 Å². The molecule has 3 N–H and O–H groups in total. The van der Waals surface area contributed by atoms with E-state index in [0.717, 1.165) is 9.86 Å². The molecule has 0 saturated heterocycles. The van der Waals surface area contributed by atoms with Gasteiger partial charge in [-0.25, -0.2) is 4.98 Å². The van der Waals surface area contributed by atoms with Crippen molar-refractivity contribution in [3.8, 4) is 6.07 Å². The first-order valence-electron chi connectivity index (χ1n) is 4.99. The second kappa shape index (κ2) is 4.84. The molecule has 0 amide bonds. The molecule has 6 heteroatoms. The van der Waals surface area contributed by atoms with Crippen LogP contribution < -0.4 is 0 Å². The zero-order valence-corrected chi connectivity index (χ0v) is 10.3. The Morgan fingerprint density at radius 1 is 1.53 bits per heavy atom. The van der Waals surface area contributed by atoms with E-state index in [4.69, 9.17) is 5.26 Å². The summed E-state index contributed by atoms with van der Waals surface area (Å²) in [5, 5.41) is 28.8. The summed E-state index contributed by atoms with van der Waals surface area (Å²) >= 11 is 3.30. The van der Waals surface area contributed by atoms with Gasteiger partial charge in [-0.3, -0.25) is 0 Å². The molecule has 5 nitrogen and oxygen atoms in total. The van der Waals surface area contributed by atoms with Crippen LogP contribution in [0.5, 0.6) is 0 Å². The van der Waals surface area contributed by atoms with Crippen molar-refractivity contribution in [3.05, 3.63) is 28.5 Å². The van der Waals surface area contributed by atoms with Gasteiger partial charge in [0.2, 0.25) is 0 Å². The van der Waals surface area contributed by atoms with E-state index in [1.54, 1.807) is 18.5 Å². The third-order valence-electron chi connectivity index (χ3n) is 2.51. The SMILES string of the molecule is N#CCC(O)C(O)c1c[nH]c2ncc(Br)cc12. The zero-order valence-electron chi connectivity index (χ0n) is 8.76. The second-order valence-corrected chi connectivity index (χ2v) is 4.58. The van der Waals surface area contributed by atoms with Crippen molar-refractivity contribution in [3.63, 3.8) is 0 Å². The van der Waals surface area contributed by atoms with Crippen LogP contribution in [0.3, 0.4) is 0 Å². The van der Waals surface area contributed by atoms with Gasteiger partial charge in [0.25, 0.3) is 0 Å². The maximum Gasteiger partial charge on any atom is 0.137 e. The van der Waals surface area contributed by atoms with Crippen LogP contribution in [0.4, 0.5) is 0 Å². The van der Waals surface area contributed by atoms with Gasteiger partial charge in [0.1, 0.15) is 11.8 Å². The predicted octanol–water partition coefficient (Wildman–Crippen LogP) is 1.63. The highest BCUT2D eigenvalue weighted by Gasteiger charge is 2.21. The number of aliphatic hydroxyl groups excluding tert-OH is 2. The predicted molar refractivity (Wildman–Crippen MR) is 65.0 cm³/mol. The monoisotopic (exact) mass is 295 g/mol. The van der Waals surface area contributed by atoms with Crippen LogP contribution in [-0.2, 0) is 0 Å². The molecule has 2 rings (SSSR count). The number of nitriles is 1. The number of fused-ring (bicyclic) bond motifs is 1. The van der Waals surface area contributed by atoms with E-state index in [9.17, 15) is 10.2 Å². The number of aromatic nitrogens is 2. The number of hydrogen-bond acceptors (Lipinski definition) is 4. The van der Waals surface area contributed by atoms with Crippen molar-refractivity contribution in [1.82, 2.24) is 9.97 Å². The van der Waals surface area contributed by atoms with Crippen LogP contribution in [0.25, 0.3) is 11.0 Å². The molecule has 0 spiro atoms. The number of hydrogen-bond donors (Lipinski definition) is 3. The van der Waals surface area contributed by atoms with E-state index in [1.165, 1.54) is 0 Å². The highest BCUT2D eigenvalue weighted by molar-refractivity contribution is 9.10. The minimum atomic E-state index is -1.10. The number of halogens is 1. The van der Waals surface area contributed by atoms with Gasteiger partial charge in [-0.05, 0) is 22.0 Å². The van der Waals surface area contributed by atoms with Crippen molar-refractivity contribution >= 4 is 27.0 Å². The lowest BCUT2D eigenvalue weighted by Gasteiger charge is -2.14. The quantitative estimate of drug-likeness (QED) is 0.802. The van der Waals surface area contributed by atoms with Crippen molar-refractivity contribution < 1.29 is 10.2 Å². The van der Waals surface area contributed by atoms with Crippen LogP contribution >= 0.6 is 15.9 Å². The fourth-order valence-electron chi connectivity index (χ4n) is 1.66. The van der Waals surface area contributed by atoms with Gasteiger partial charge in [0.05, 0.1) is 18.6 Å². The summed E-state index contributed by atoms with van der Waals surface area (Å²) in [6.45, 7) is 0. The molecule has 0 fully saturated rings. The van der Waals surface area contributed by atoms with E-state index in [-0.39, 0.29) is 6.42 Å². The van der Waals surface area contributed by atoms with Crippen molar-refractivity contribution in [2.45, 2.75) is 18.6 Å². The molecule has 0 radical (unpaired) electrons. The molecular formula is C11H10BrN3O2. The molecule has 2 aromatic rings. The molecular weight excluding hydrogens is 286 g/mol. The lowest BCUT2D eigenvalue weighted by Crippen LogP contribution is -2.17. The van der Waals surface area contributed by atoms with Crippen LogP contribution in [0.2, 0.25) is 0 Å². The number of aromatic amines is 1. The summed E-state index contributed by atoms with van der Waals surface area (Å²) in [4.78, 5) is 7.04. The topological polar surface area (TPSA) is 92.9 Å². The smallest absolute Gasteiger partial charge is 0.137 e. The van der Waals surface area contributed by atoms with Gasteiger partial charge in [0.15, 0.2) is 0 Å². The Balaban J connectivity index is 2.42. The molecule has 0 aromatic carbocycles. The maximum absolute atomic E-state index is 9.93. The Morgan fingerprint density at radius 2 is 2.29 bits per heavy atom. The number of aliphatic hydroxyl groups is 2. The van der Waals surface area contributed by atoms with E-state index in [0.29, 0.717) is 11.2 Å². The van der Waals surface area contributed by atoms with Crippen molar-refractivity contribution in [2.75, 3.05) is 0 Å². The first kappa shape index (κ1) is 12.0. The minimum absolute atomic E-state index is 0.116. The van der Waals surface area contributed by atoms with E-state index >= 15 is 0 Å². The lowest BCUT2D eigenvalue weighted by atomic mass is 10.0. The Morgan fingerprint density at radius 3 is 3.00 bits per heavy atom. The average Bonchev–Trinajstić information content (AvgIpc) is 2.71. The third kappa shape index (κ3) is 2.31. The third-order valence-corrected chi connectivity index (χ3v) is 2.95. The number of H-pyrrole nitrogens is 1. The second-order valence-electron chi connectivity index (χ2n) is 3.67. The van der Waals surface area contributed by atoms with Crippen LogP contribution in [0, 0.1) is 11.3 Å². The molecule has 17 heavy (non-hydrogen) atoms. The molecule has 2 heterocycles. The van der Waals surface area contributed by atoms with Gasteiger partial charge in [-0.15, -0.1) is 0 Å². The van der Waals surface area contributed by atoms with Crippen LogP contribution in [0.15, 0.2) is 22.9 Å². The molecule has 0 aliphatic heterocycles. The fraction of sp³-hybridized carbons (Fsp3) is 0.273. The number of rotatable bonds is 3. The highest BCUT2D eigenvalue weighted by atomic mass is 79.9. The summed E-state index contributed by atoms with van der Waals surface area (Å²) in [6.07, 6.45) is 0.920. The first-order valence-corrected chi connectivity index (χ1v) is 5.78. The van der Waals surface area contributed by atoms with Crippen LogP contribution in [0.1, 0.15) is 18.1 Å². The Bertz CT molecular complexity index is 576. The normalized spacial score (nSPS) is 14.5. The highest BCUT2D eigenvalue weighted by Crippen LogP contribution is 2.27. The summed E-state index contributed by atoms with van der Waals surface area (Å²) in [6, 6.07) is 3.63. The lowest BCUT2D eigenvalue weighted by molar-refractivity contribution is 0.0225.